The second-order valence-electron chi connectivity index (χ2n) is 6.70. The number of benzene rings is 1. The van der Waals surface area contributed by atoms with Crippen LogP contribution in [0.2, 0.25) is 0 Å². The molecule has 0 N–H and O–H groups in total. The Morgan fingerprint density at radius 3 is 2.64 bits per heavy atom. The standard InChI is InChI=1S/C18H23N3O/c1-19-8-7-15-16(3-2-4-17(15)19)18(22)21-11-9-20(10-12-21)13-14-5-6-14/h2-4,7-8,14H,5-6,9-13H2,1H3. The molecular formula is C18H23N3O. The van der Waals surface area contributed by atoms with Crippen LogP contribution in [0.4, 0.5) is 0 Å². The summed E-state index contributed by atoms with van der Waals surface area (Å²) in [6, 6.07) is 8.06. The number of aromatic nitrogens is 1. The second kappa shape index (κ2) is 5.43. The van der Waals surface area contributed by atoms with E-state index in [1.54, 1.807) is 0 Å². The van der Waals surface area contributed by atoms with E-state index in [1.807, 2.05) is 36.3 Å². The minimum atomic E-state index is 0.183. The lowest BCUT2D eigenvalue weighted by Gasteiger charge is -2.35. The number of amides is 1. The number of piperazine rings is 1. The number of nitrogens with zero attached hydrogens (tertiary/aromatic N) is 3. The molecule has 4 heteroatoms. The van der Waals surface area contributed by atoms with Crippen molar-refractivity contribution in [3.8, 4) is 0 Å². The molecule has 0 radical (unpaired) electrons. The summed E-state index contributed by atoms with van der Waals surface area (Å²) in [6.07, 6.45) is 4.82. The van der Waals surface area contributed by atoms with Gasteiger partial charge in [-0.15, -0.1) is 0 Å². The van der Waals surface area contributed by atoms with E-state index in [-0.39, 0.29) is 5.91 Å². The Morgan fingerprint density at radius 2 is 1.91 bits per heavy atom. The number of carbonyl (C=O) groups excluding carboxylic acids is 1. The third-order valence-corrected chi connectivity index (χ3v) is 5.03. The minimum absolute atomic E-state index is 0.183. The van der Waals surface area contributed by atoms with Gasteiger partial charge in [0.2, 0.25) is 0 Å². The second-order valence-corrected chi connectivity index (χ2v) is 6.70. The van der Waals surface area contributed by atoms with Gasteiger partial charge >= 0.3 is 0 Å². The predicted molar refractivity (Wildman–Crippen MR) is 88.0 cm³/mol. The van der Waals surface area contributed by atoms with Crippen LogP contribution in [0.15, 0.2) is 30.5 Å². The van der Waals surface area contributed by atoms with E-state index in [0.717, 1.165) is 48.6 Å². The van der Waals surface area contributed by atoms with Crippen LogP contribution in [0, 0.1) is 5.92 Å². The lowest BCUT2D eigenvalue weighted by molar-refractivity contribution is 0.0634. The monoisotopic (exact) mass is 297 g/mol. The van der Waals surface area contributed by atoms with Gasteiger partial charge in [0.15, 0.2) is 0 Å². The first-order chi connectivity index (χ1) is 10.7. The molecule has 2 heterocycles. The molecule has 22 heavy (non-hydrogen) atoms. The zero-order valence-electron chi connectivity index (χ0n) is 13.2. The van der Waals surface area contributed by atoms with Crippen molar-refractivity contribution in [2.75, 3.05) is 32.7 Å². The molecule has 1 aliphatic heterocycles. The van der Waals surface area contributed by atoms with Crippen LogP contribution in [0.1, 0.15) is 23.2 Å². The summed E-state index contributed by atoms with van der Waals surface area (Å²) in [5, 5.41) is 1.07. The van der Waals surface area contributed by atoms with E-state index < -0.39 is 0 Å². The fraction of sp³-hybridized carbons (Fsp3) is 0.500. The molecular weight excluding hydrogens is 274 g/mol. The SMILES string of the molecule is Cn1ccc2c(C(=O)N3CCN(CC4CC4)CC3)cccc21. The summed E-state index contributed by atoms with van der Waals surface area (Å²) in [6.45, 7) is 4.99. The fourth-order valence-electron chi connectivity index (χ4n) is 3.46. The molecule has 1 saturated carbocycles. The third kappa shape index (κ3) is 2.52. The maximum absolute atomic E-state index is 12.9. The van der Waals surface area contributed by atoms with Gasteiger partial charge in [0.05, 0.1) is 0 Å². The quantitative estimate of drug-likeness (QED) is 0.870. The van der Waals surface area contributed by atoms with Crippen LogP contribution in [0.5, 0.6) is 0 Å². The van der Waals surface area contributed by atoms with Crippen molar-refractivity contribution >= 4 is 16.8 Å². The number of rotatable bonds is 3. The summed E-state index contributed by atoms with van der Waals surface area (Å²) in [5.41, 5.74) is 1.96. The van der Waals surface area contributed by atoms with Crippen molar-refractivity contribution in [2.45, 2.75) is 12.8 Å². The van der Waals surface area contributed by atoms with Crippen LogP contribution >= 0.6 is 0 Å². The highest BCUT2D eigenvalue weighted by Gasteiger charge is 2.28. The average Bonchev–Trinajstić information content (AvgIpc) is 3.28. The lowest BCUT2D eigenvalue weighted by Crippen LogP contribution is -2.49. The number of fused-ring (bicyclic) bond motifs is 1. The Labute approximate surface area is 131 Å². The molecule has 116 valence electrons. The smallest absolute Gasteiger partial charge is 0.254 e. The molecule has 1 aromatic carbocycles. The molecule has 0 atom stereocenters. The molecule has 2 fully saturated rings. The van der Waals surface area contributed by atoms with E-state index in [9.17, 15) is 4.79 Å². The number of hydrogen-bond donors (Lipinski definition) is 0. The molecule has 2 aliphatic rings. The Bertz CT molecular complexity index is 693. The van der Waals surface area contributed by atoms with Crippen LogP contribution in [0.25, 0.3) is 10.9 Å². The Hall–Kier alpha value is -1.81. The number of aryl methyl sites for hydroxylation is 1. The largest absolute Gasteiger partial charge is 0.351 e. The van der Waals surface area contributed by atoms with Crippen molar-refractivity contribution in [1.82, 2.24) is 14.4 Å². The molecule has 1 amide bonds. The zero-order valence-corrected chi connectivity index (χ0v) is 13.2. The summed E-state index contributed by atoms with van der Waals surface area (Å²) >= 11 is 0. The van der Waals surface area contributed by atoms with Gasteiger partial charge in [0, 0.05) is 62.4 Å². The fourth-order valence-corrected chi connectivity index (χ4v) is 3.46. The van der Waals surface area contributed by atoms with Crippen LogP contribution in [-0.2, 0) is 7.05 Å². The van der Waals surface area contributed by atoms with Gasteiger partial charge < -0.3 is 9.47 Å². The van der Waals surface area contributed by atoms with Crippen molar-refractivity contribution in [3.63, 3.8) is 0 Å². The normalized spacial score (nSPS) is 19.8. The van der Waals surface area contributed by atoms with E-state index in [1.165, 1.54) is 19.4 Å². The lowest BCUT2D eigenvalue weighted by atomic mass is 10.1. The highest BCUT2D eigenvalue weighted by molar-refractivity contribution is 6.06. The van der Waals surface area contributed by atoms with E-state index in [4.69, 9.17) is 0 Å². The molecule has 0 unspecified atom stereocenters. The van der Waals surface area contributed by atoms with Crippen LogP contribution < -0.4 is 0 Å². The van der Waals surface area contributed by atoms with Crippen molar-refractivity contribution in [2.24, 2.45) is 13.0 Å². The van der Waals surface area contributed by atoms with Crippen LogP contribution in [-0.4, -0.2) is 53.0 Å². The first kappa shape index (κ1) is 13.8. The van der Waals surface area contributed by atoms with Gasteiger partial charge in [-0.2, -0.15) is 0 Å². The third-order valence-electron chi connectivity index (χ3n) is 5.03. The Morgan fingerprint density at radius 1 is 1.14 bits per heavy atom. The van der Waals surface area contributed by atoms with Crippen LogP contribution in [0.3, 0.4) is 0 Å². The molecule has 4 nitrogen and oxygen atoms in total. The first-order valence-electron chi connectivity index (χ1n) is 8.28. The highest BCUT2D eigenvalue weighted by atomic mass is 16.2. The van der Waals surface area contributed by atoms with Crippen molar-refractivity contribution in [3.05, 3.63) is 36.0 Å². The van der Waals surface area contributed by atoms with Gasteiger partial charge in [-0.3, -0.25) is 9.69 Å². The molecule has 1 aliphatic carbocycles. The van der Waals surface area contributed by atoms with Gasteiger partial charge in [-0.25, -0.2) is 0 Å². The zero-order chi connectivity index (χ0) is 15.1. The maximum Gasteiger partial charge on any atom is 0.254 e. The van der Waals surface area contributed by atoms with Gasteiger partial charge in [-0.05, 0) is 37.0 Å². The summed E-state index contributed by atoms with van der Waals surface area (Å²) < 4.78 is 2.07. The van der Waals surface area contributed by atoms with E-state index >= 15 is 0 Å². The summed E-state index contributed by atoms with van der Waals surface area (Å²) in [5.74, 6) is 1.11. The topological polar surface area (TPSA) is 28.5 Å². The van der Waals surface area contributed by atoms with Gasteiger partial charge in [-0.1, -0.05) is 6.07 Å². The summed E-state index contributed by atoms with van der Waals surface area (Å²) in [7, 11) is 2.02. The van der Waals surface area contributed by atoms with Crippen molar-refractivity contribution in [1.29, 1.82) is 0 Å². The number of hydrogen-bond acceptors (Lipinski definition) is 2. The van der Waals surface area contributed by atoms with E-state index in [0.29, 0.717) is 0 Å². The predicted octanol–water partition coefficient (Wildman–Crippen LogP) is 2.35. The summed E-state index contributed by atoms with van der Waals surface area (Å²) in [4.78, 5) is 17.4. The molecule has 0 spiro atoms. The molecule has 1 aromatic heterocycles. The van der Waals surface area contributed by atoms with Gasteiger partial charge in [0.1, 0.15) is 0 Å². The minimum Gasteiger partial charge on any atom is -0.351 e. The molecule has 0 bridgehead atoms. The molecule has 1 saturated heterocycles. The van der Waals surface area contributed by atoms with E-state index in [2.05, 4.69) is 15.5 Å². The molecule has 4 rings (SSSR count). The Balaban J connectivity index is 1.49. The Kier molecular flexibility index (Phi) is 3.41. The maximum atomic E-state index is 12.9. The molecule has 2 aromatic rings. The van der Waals surface area contributed by atoms with Gasteiger partial charge in [0.25, 0.3) is 5.91 Å². The average molecular weight is 297 g/mol. The number of carbonyl (C=O) groups is 1. The first-order valence-corrected chi connectivity index (χ1v) is 8.28. The van der Waals surface area contributed by atoms with Crippen molar-refractivity contribution < 1.29 is 4.79 Å². The highest BCUT2D eigenvalue weighted by Crippen LogP contribution is 2.30.